The summed E-state index contributed by atoms with van der Waals surface area (Å²) in [6.07, 6.45) is 7.74. The van der Waals surface area contributed by atoms with Crippen molar-refractivity contribution in [3.63, 3.8) is 0 Å². The summed E-state index contributed by atoms with van der Waals surface area (Å²) in [4.78, 5) is 0. The molecule has 27 heavy (non-hydrogen) atoms. The molecule has 0 radical (unpaired) electrons. The summed E-state index contributed by atoms with van der Waals surface area (Å²) in [5.74, 6) is 0. The maximum atomic E-state index is 9.29. The molecule has 0 aromatic heterocycles. The molecule has 0 aliphatic heterocycles. The van der Waals surface area contributed by atoms with E-state index in [4.69, 9.17) is 0 Å². The number of rotatable bonds is 8. The van der Waals surface area contributed by atoms with Crippen LogP contribution in [-0.4, -0.2) is 0 Å². The number of nitriles is 1. The number of hydrogen-bond donors (Lipinski definition) is 0. The third kappa shape index (κ3) is 5.08. The lowest BCUT2D eigenvalue weighted by molar-refractivity contribution is 0.632. The fourth-order valence-corrected chi connectivity index (χ4v) is 3.51. The largest absolute Gasteiger partial charge is 0.192 e. The molecule has 3 aromatic rings. The van der Waals surface area contributed by atoms with Crippen LogP contribution in [0.1, 0.15) is 50.2 Å². The molecule has 0 aliphatic carbocycles. The first kappa shape index (κ1) is 18.9. The Morgan fingerprint density at radius 2 is 1.41 bits per heavy atom. The van der Waals surface area contributed by atoms with E-state index >= 15 is 0 Å². The molecule has 0 heterocycles. The standard InChI is InChI=1S/C26H27N/c1-2-3-4-5-7-10-21-13-16-24(17-14-21)25-18-15-22(20-27)19-26(25)23-11-8-6-9-12-23/h6,8-9,11-19H,2-5,7,10H2,1H3. The summed E-state index contributed by atoms with van der Waals surface area (Å²) in [5.41, 5.74) is 6.74. The van der Waals surface area contributed by atoms with Gasteiger partial charge in [0.1, 0.15) is 0 Å². The van der Waals surface area contributed by atoms with Crippen LogP contribution in [0.5, 0.6) is 0 Å². The van der Waals surface area contributed by atoms with Gasteiger partial charge in [-0.25, -0.2) is 0 Å². The minimum Gasteiger partial charge on any atom is -0.192 e. The normalized spacial score (nSPS) is 10.5. The molecular formula is C26H27N. The van der Waals surface area contributed by atoms with Crippen molar-refractivity contribution in [2.24, 2.45) is 0 Å². The average molecular weight is 354 g/mol. The number of unbranched alkanes of at least 4 members (excludes halogenated alkanes) is 4. The van der Waals surface area contributed by atoms with Gasteiger partial charge in [-0.1, -0.05) is 93.3 Å². The van der Waals surface area contributed by atoms with Crippen molar-refractivity contribution in [1.82, 2.24) is 0 Å². The van der Waals surface area contributed by atoms with Gasteiger partial charge in [-0.05, 0) is 52.8 Å². The van der Waals surface area contributed by atoms with Crippen LogP contribution in [0.2, 0.25) is 0 Å². The molecule has 0 spiro atoms. The molecule has 1 heteroatoms. The summed E-state index contributed by atoms with van der Waals surface area (Å²) in [6.45, 7) is 2.26. The van der Waals surface area contributed by atoms with Crippen molar-refractivity contribution < 1.29 is 0 Å². The van der Waals surface area contributed by atoms with Crippen LogP contribution in [0.15, 0.2) is 72.8 Å². The Balaban J connectivity index is 1.81. The van der Waals surface area contributed by atoms with Gasteiger partial charge in [-0.15, -0.1) is 0 Å². The molecule has 0 fully saturated rings. The van der Waals surface area contributed by atoms with E-state index in [9.17, 15) is 5.26 Å². The smallest absolute Gasteiger partial charge is 0.0991 e. The maximum Gasteiger partial charge on any atom is 0.0991 e. The lowest BCUT2D eigenvalue weighted by Gasteiger charge is -2.12. The SMILES string of the molecule is CCCCCCCc1ccc(-c2ccc(C#N)cc2-c2ccccc2)cc1. The first-order chi connectivity index (χ1) is 13.3. The lowest BCUT2D eigenvalue weighted by Crippen LogP contribution is -1.89. The average Bonchev–Trinajstić information content (AvgIpc) is 2.74. The number of benzene rings is 3. The van der Waals surface area contributed by atoms with Gasteiger partial charge in [0.05, 0.1) is 11.6 Å². The number of hydrogen-bond acceptors (Lipinski definition) is 1. The van der Waals surface area contributed by atoms with Crippen molar-refractivity contribution in [3.8, 4) is 28.3 Å². The Hall–Kier alpha value is -2.85. The van der Waals surface area contributed by atoms with E-state index in [-0.39, 0.29) is 0 Å². The highest BCUT2D eigenvalue weighted by atomic mass is 14.2. The third-order valence-electron chi connectivity index (χ3n) is 5.07. The van der Waals surface area contributed by atoms with E-state index < -0.39 is 0 Å². The second-order valence-corrected chi connectivity index (χ2v) is 7.10. The maximum absolute atomic E-state index is 9.29. The van der Waals surface area contributed by atoms with Gasteiger partial charge >= 0.3 is 0 Å². The van der Waals surface area contributed by atoms with E-state index in [0.717, 1.165) is 17.5 Å². The zero-order valence-corrected chi connectivity index (χ0v) is 16.1. The fraction of sp³-hybridized carbons (Fsp3) is 0.269. The molecular weight excluding hydrogens is 326 g/mol. The van der Waals surface area contributed by atoms with Crippen molar-refractivity contribution in [2.75, 3.05) is 0 Å². The van der Waals surface area contributed by atoms with Crippen LogP contribution >= 0.6 is 0 Å². The molecule has 0 unspecified atom stereocenters. The topological polar surface area (TPSA) is 23.8 Å². The van der Waals surface area contributed by atoms with Crippen molar-refractivity contribution in [1.29, 1.82) is 5.26 Å². The predicted molar refractivity (Wildman–Crippen MR) is 114 cm³/mol. The Kier molecular flexibility index (Phi) is 6.83. The second kappa shape index (κ2) is 9.74. The highest BCUT2D eigenvalue weighted by Gasteiger charge is 2.09. The Bertz CT molecular complexity index is 886. The molecule has 0 amide bonds. The summed E-state index contributed by atoms with van der Waals surface area (Å²) in [5, 5.41) is 9.29. The Labute approximate surface area is 163 Å². The predicted octanol–water partition coefficient (Wildman–Crippen LogP) is 7.41. The van der Waals surface area contributed by atoms with Gasteiger partial charge in [0.2, 0.25) is 0 Å². The van der Waals surface area contributed by atoms with Crippen molar-refractivity contribution >= 4 is 0 Å². The van der Waals surface area contributed by atoms with Crippen LogP contribution in [0.4, 0.5) is 0 Å². The second-order valence-electron chi connectivity index (χ2n) is 7.10. The van der Waals surface area contributed by atoms with E-state index in [1.54, 1.807) is 0 Å². The van der Waals surface area contributed by atoms with Crippen LogP contribution in [-0.2, 0) is 6.42 Å². The zero-order chi connectivity index (χ0) is 18.9. The molecule has 0 atom stereocenters. The van der Waals surface area contributed by atoms with Crippen LogP contribution < -0.4 is 0 Å². The monoisotopic (exact) mass is 353 g/mol. The van der Waals surface area contributed by atoms with Gasteiger partial charge in [0.25, 0.3) is 0 Å². The summed E-state index contributed by atoms with van der Waals surface area (Å²) in [6, 6.07) is 27.5. The van der Waals surface area contributed by atoms with Gasteiger partial charge in [0, 0.05) is 0 Å². The molecule has 1 nitrogen and oxygen atoms in total. The molecule has 3 aromatic carbocycles. The van der Waals surface area contributed by atoms with Crippen LogP contribution in [0.3, 0.4) is 0 Å². The first-order valence-corrected chi connectivity index (χ1v) is 10.0. The van der Waals surface area contributed by atoms with Crippen LogP contribution in [0.25, 0.3) is 22.3 Å². The van der Waals surface area contributed by atoms with Crippen molar-refractivity contribution in [3.05, 3.63) is 83.9 Å². The summed E-state index contributed by atoms with van der Waals surface area (Å²) in [7, 11) is 0. The van der Waals surface area contributed by atoms with Gasteiger partial charge in [0.15, 0.2) is 0 Å². The van der Waals surface area contributed by atoms with Gasteiger partial charge in [-0.3, -0.25) is 0 Å². The van der Waals surface area contributed by atoms with Gasteiger partial charge in [-0.2, -0.15) is 5.26 Å². The third-order valence-corrected chi connectivity index (χ3v) is 5.07. The lowest BCUT2D eigenvalue weighted by atomic mass is 9.92. The minimum absolute atomic E-state index is 0.696. The molecule has 136 valence electrons. The zero-order valence-electron chi connectivity index (χ0n) is 16.1. The summed E-state index contributed by atoms with van der Waals surface area (Å²) < 4.78 is 0. The van der Waals surface area contributed by atoms with E-state index in [1.165, 1.54) is 48.8 Å². The first-order valence-electron chi connectivity index (χ1n) is 10.0. The quantitative estimate of drug-likeness (QED) is 0.387. The molecule has 0 saturated heterocycles. The molecule has 0 saturated carbocycles. The molecule has 0 N–H and O–H groups in total. The Morgan fingerprint density at radius 3 is 2.11 bits per heavy atom. The Morgan fingerprint density at radius 1 is 0.704 bits per heavy atom. The highest BCUT2D eigenvalue weighted by molar-refractivity contribution is 5.84. The number of aryl methyl sites for hydroxylation is 1. The molecule has 0 aliphatic rings. The van der Waals surface area contributed by atoms with E-state index in [1.807, 2.05) is 30.3 Å². The van der Waals surface area contributed by atoms with E-state index in [2.05, 4.69) is 55.5 Å². The van der Waals surface area contributed by atoms with Gasteiger partial charge < -0.3 is 0 Å². The van der Waals surface area contributed by atoms with Crippen LogP contribution in [0, 0.1) is 11.3 Å². The molecule has 0 bridgehead atoms. The highest BCUT2D eigenvalue weighted by Crippen LogP contribution is 2.33. The number of nitrogens with zero attached hydrogens (tertiary/aromatic N) is 1. The van der Waals surface area contributed by atoms with Crippen molar-refractivity contribution in [2.45, 2.75) is 45.4 Å². The molecule has 3 rings (SSSR count). The fourth-order valence-electron chi connectivity index (χ4n) is 3.51. The summed E-state index contributed by atoms with van der Waals surface area (Å²) >= 11 is 0. The minimum atomic E-state index is 0.696. The van der Waals surface area contributed by atoms with E-state index in [0.29, 0.717) is 5.56 Å².